The first-order chi connectivity index (χ1) is 19.4. The maximum Gasteiger partial charge on any atom is 0.183 e. The number of ketones is 1. The number of fused-ring (bicyclic) bond motifs is 2. The summed E-state index contributed by atoms with van der Waals surface area (Å²) in [6.45, 7) is 3.44. The van der Waals surface area contributed by atoms with Crippen LogP contribution in [0.15, 0.2) is 91.5 Å². The van der Waals surface area contributed by atoms with E-state index in [2.05, 4.69) is 27.0 Å². The SMILES string of the molecule is C=CC(=O)C(O)Cc1cc(Cc2cccc(-n3nc4ccccc4n3)c2O)c(O)c(-n2nc3ccccc3n2)c1. The van der Waals surface area contributed by atoms with Crippen LogP contribution in [-0.4, -0.2) is 57.2 Å². The van der Waals surface area contributed by atoms with E-state index in [0.29, 0.717) is 44.4 Å². The van der Waals surface area contributed by atoms with Gasteiger partial charge in [-0.25, -0.2) is 0 Å². The number of phenolic OH excluding ortho intramolecular Hbond substituents is 2. The van der Waals surface area contributed by atoms with Crippen molar-refractivity contribution in [3.05, 3.63) is 108 Å². The molecule has 0 bridgehead atoms. The number of aliphatic hydroxyl groups is 1. The van der Waals surface area contributed by atoms with E-state index in [4.69, 9.17) is 0 Å². The highest BCUT2D eigenvalue weighted by Crippen LogP contribution is 2.34. The molecule has 0 saturated heterocycles. The molecule has 0 saturated carbocycles. The van der Waals surface area contributed by atoms with Gasteiger partial charge in [-0.1, -0.05) is 49.0 Å². The number of nitrogens with zero attached hydrogens (tertiary/aromatic N) is 6. The largest absolute Gasteiger partial charge is 0.505 e. The number of para-hydroxylation sites is 1. The molecule has 2 heterocycles. The molecular formula is C30H24N6O4. The van der Waals surface area contributed by atoms with Gasteiger partial charge in [0, 0.05) is 24.0 Å². The van der Waals surface area contributed by atoms with Gasteiger partial charge in [-0.2, -0.15) is 0 Å². The van der Waals surface area contributed by atoms with E-state index in [1.54, 1.807) is 30.3 Å². The Labute approximate surface area is 228 Å². The van der Waals surface area contributed by atoms with Crippen molar-refractivity contribution in [2.75, 3.05) is 0 Å². The van der Waals surface area contributed by atoms with Crippen LogP contribution in [0.3, 0.4) is 0 Å². The number of hydrogen-bond acceptors (Lipinski definition) is 8. The highest BCUT2D eigenvalue weighted by molar-refractivity contribution is 5.93. The third-order valence-corrected chi connectivity index (χ3v) is 6.67. The van der Waals surface area contributed by atoms with Gasteiger partial charge in [0.1, 0.15) is 51.0 Å². The van der Waals surface area contributed by atoms with Crippen molar-refractivity contribution >= 4 is 27.9 Å². The van der Waals surface area contributed by atoms with E-state index in [-0.39, 0.29) is 30.0 Å². The Morgan fingerprint density at radius 1 is 0.750 bits per heavy atom. The number of phenols is 2. The van der Waals surface area contributed by atoms with Gasteiger partial charge in [0.25, 0.3) is 0 Å². The molecule has 0 aliphatic carbocycles. The Morgan fingerprint density at radius 2 is 1.27 bits per heavy atom. The highest BCUT2D eigenvalue weighted by atomic mass is 16.3. The second-order valence-electron chi connectivity index (χ2n) is 9.37. The van der Waals surface area contributed by atoms with E-state index in [0.717, 1.165) is 6.08 Å². The van der Waals surface area contributed by atoms with Crippen molar-refractivity contribution < 1.29 is 20.1 Å². The molecule has 0 spiro atoms. The summed E-state index contributed by atoms with van der Waals surface area (Å²) in [6, 6.07) is 23.2. The third kappa shape index (κ3) is 4.56. The lowest BCUT2D eigenvalue weighted by Gasteiger charge is -2.15. The summed E-state index contributed by atoms with van der Waals surface area (Å²) in [4.78, 5) is 14.7. The summed E-state index contributed by atoms with van der Waals surface area (Å²) < 4.78 is 0. The zero-order valence-electron chi connectivity index (χ0n) is 21.2. The van der Waals surface area contributed by atoms with Crippen LogP contribution in [-0.2, 0) is 17.6 Å². The summed E-state index contributed by atoms with van der Waals surface area (Å²) in [6.07, 6.45) is -0.115. The molecule has 0 fully saturated rings. The Hall–Kier alpha value is -5.35. The quantitative estimate of drug-likeness (QED) is 0.252. The van der Waals surface area contributed by atoms with Gasteiger partial charge in [0.05, 0.1) is 0 Å². The minimum atomic E-state index is -1.30. The molecule has 3 N–H and O–H groups in total. The average Bonchev–Trinajstić information content (AvgIpc) is 3.59. The molecule has 2 aromatic heterocycles. The molecule has 6 aromatic rings. The minimum absolute atomic E-state index is 0.0122. The highest BCUT2D eigenvalue weighted by Gasteiger charge is 2.20. The smallest absolute Gasteiger partial charge is 0.183 e. The normalized spacial score (nSPS) is 12.1. The standard InChI is InChI=1S/C30H24N6O4/c1-2-27(37)28(38)16-18-14-20(30(40)26(15-18)36-33-23-11-5-6-12-24(23)34-36)17-19-8-7-13-25(29(19)39)35-31-21-9-3-4-10-22(21)32-35/h2-15,28,38-40H,1,16-17H2. The van der Waals surface area contributed by atoms with Crippen LogP contribution in [0.4, 0.5) is 0 Å². The summed E-state index contributed by atoms with van der Waals surface area (Å²) in [5.41, 5.74) is 4.84. The van der Waals surface area contributed by atoms with Crippen LogP contribution < -0.4 is 0 Å². The number of carbonyl (C=O) groups is 1. The molecule has 1 atom stereocenters. The zero-order valence-corrected chi connectivity index (χ0v) is 21.2. The maximum absolute atomic E-state index is 12.0. The Morgan fingerprint density at radius 3 is 1.82 bits per heavy atom. The van der Waals surface area contributed by atoms with Gasteiger partial charge in [0.2, 0.25) is 0 Å². The molecule has 10 heteroatoms. The Kier molecular flexibility index (Phi) is 6.29. The van der Waals surface area contributed by atoms with Gasteiger partial charge in [0.15, 0.2) is 5.78 Å². The molecular weight excluding hydrogens is 508 g/mol. The second-order valence-corrected chi connectivity index (χ2v) is 9.37. The number of carbonyl (C=O) groups excluding carboxylic acids is 1. The van der Waals surface area contributed by atoms with Gasteiger partial charge in [-0.3, -0.25) is 4.79 Å². The molecule has 0 aliphatic heterocycles. The third-order valence-electron chi connectivity index (χ3n) is 6.67. The van der Waals surface area contributed by atoms with Crippen molar-refractivity contribution in [2.45, 2.75) is 18.9 Å². The summed E-state index contributed by atoms with van der Waals surface area (Å²) in [5.74, 6) is -0.649. The molecule has 0 amide bonds. The molecule has 6 rings (SSSR count). The van der Waals surface area contributed by atoms with Crippen molar-refractivity contribution in [2.24, 2.45) is 0 Å². The fourth-order valence-corrected chi connectivity index (χ4v) is 4.63. The van der Waals surface area contributed by atoms with E-state index in [1.165, 1.54) is 9.59 Å². The topological polar surface area (TPSA) is 139 Å². The summed E-state index contributed by atoms with van der Waals surface area (Å²) in [5, 5.41) is 50.9. The molecule has 0 radical (unpaired) electrons. The van der Waals surface area contributed by atoms with E-state index in [1.807, 2.05) is 48.5 Å². The molecule has 198 valence electrons. The fourth-order valence-electron chi connectivity index (χ4n) is 4.63. The molecule has 4 aromatic carbocycles. The van der Waals surface area contributed by atoms with Crippen LogP contribution >= 0.6 is 0 Å². The lowest BCUT2D eigenvalue weighted by atomic mass is 9.96. The van der Waals surface area contributed by atoms with Gasteiger partial charge in [-0.15, -0.1) is 30.0 Å². The Bertz CT molecular complexity index is 1840. The van der Waals surface area contributed by atoms with Crippen LogP contribution in [0.5, 0.6) is 11.5 Å². The Balaban J connectivity index is 1.43. The number of aromatic nitrogens is 6. The van der Waals surface area contributed by atoms with Crippen LogP contribution in [0.25, 0.3) is 33.4 Å². The van der Waals surface area contributed by atoms with Crippen molar-refractivity contribution in [1.29, 1.82) is 0 Å². The van der Waals surface area contributed by atoms with Gasteiger partial charge < -0.3 is 15.3 Å². The van der Waals surface area contributed by atoms with E-state index in [9.17, 15) is 20.1 Å². The van der Waals surface area contributed by atoms with Crippen molar-refractivity contribution in [1.82, 2.24) is 30.0 Å². The first kappa shape index (κ1) is 25.0. The molecule has 1 unspecified atom stereocenters. The number of rotatable bonds is 8. The molecule has 10 nitrogen and oxygen atoms in total. The number of aliphatic hydroxyl groups excluding tert-OH is 1. The summed E-state index contributed by atoms with van der Waals surface area (Å²) in [7, 11) is 0. The van der Waals surface area contributed by atoms with Gasteiger partial charge in [-0.05, 0) is 48.0 Å². The minimum Gasteiger partial charge on any atom is -0.505 e. The van der Waals surface area contributed by atoms with Crippen molar-refractivity contribution in [3.8, 4) is 22.9 Å². The molecule has 40 heavy (non-hydrogen) atoms. The molecule has 0 aliphatic rings. The van der Waals surface area contributed by atoms with Gasteiger partial charge >= 0.3 is 0 Å². The maximum atomic E-state index is 12.0. The van der Waals surface area contributed by atoms with Crippen molar-refractivity contribution in [3.63, 3.8) is 0 Å². The lowest BCUT2D eigenvalue weighted by molar-refractivity contribution is -0.122. The van der Waals surface area contributed by atoms with Crippen LogP contribution in [0.1, 0.15) is 16.7 Å². The van der Waals surface area contributed by atoms with E-state index < -0.39 is 11.9 Å². The predicted molar refractivity (Wildman–Crippen MR) is 149 cm³/mol. The van der Waals surface area contributed by atoms with E-state index >= 15 is 0 Å². The predicted octanol–water partition coefficient (Wildman–Crippen LogP) is 3.81. The summed E-state index contributed by atoms with van der Waals surface area (Å²) >= 11 is 0. The van der Waals surface area contributed by atoms with Crippen LogP contribution in [0.2, 0.25) is 0 Å². The first-order valence-electron chi connectivity index (χ1n) is 12.6. The monoisotopic (exact) mass is 532 g/mol. The average molecular weight is 533 g/mol. The second kappa shape index (κ2) is 10.1. The zero-order chi connectivity index (χ0) is 27.8. The first-order valence-corrected chi connectivity index (χ1v) is 12.6. The van der Waals surface area contributed by atoms with Crippen LogP contribution in [0, 0.1) is 0 Å². The number of hydrogen-bond donors (Lipinski definition) is 3. The number of aromatic hydroxyl groups is 2. The number of benzene rings is 4. The lowest BCUT2D eigenvalue weighted by Crippen LogP contribution is -2.21. The fraction of sp³-hybridized carbons (Fsp3) is 0.100.